The molecule has 0 saturated carbocycles. The van der Waals surface area contributed by atoms with Crippen LogP contribution in [0.1, 0.15) is 29.1 Å². The summed E-state index contributed by atoms with van der Waals surface area (Å²) in [4.78, 5) is 13.8. The van der Waals surface area contributed by atoms with Crippen LogP contribution in [-0.4, -0.2) is 29.8 Å². The van der Waals surface area contributed by atoms with E-state index in [9.17, 15) is 18.0 Å². The molecule has 1 aromatic rings. The van der Waals surface area contributed by atoms with Crippen LogP contribution in [0.4, 0.5) is 13.2 Å². The van der Waals surface area contributed by atoms with Crippen LogP contribution in [0.3, 0.4) is 0 Å². The number of oxazole rings is 1. The van der Waals surface area contributed by atoms with Crippen molar-refractivity contribution in [3.05, 3.63) is 17.3 Å². The van der Waals surface area contributed by atoms with E-state index in [4.69, 9.17) is 9.84 Å². The smallest absolute Gasteiger partial charge is 0.437 e. The van der Waals surface area contributed by atoms with Crippen molar-refractivity contribution in [3.63, 3.8) is 0 Å². The summed E-state index contributed by atoms with van der Waals surface area (Å²) in [5.74, 6) is -3.36. The number of nitrogens with zero attached hydrogens (tertiary/aromatic N) is 1. The first kappa shape index (κ1) is 14.5. The number of alkyl halides is 3. The van der Waals surface area contributed by atoms with Crippen molar-refractivity contribution in [1.29, 1.82) is 0 Å². The molecule has 1 unspecified atom stereocenters. The standard InChI is InChI=1S/C10H12F3NO4/c1-5(4-17-2)3-6-14-8(10(11,12)13)7(18-6)9(15)16/h5H,3-4H2,1-2H3,(H,15,16). The Morgan fingerprint density at radius 3 is 2.56 bits per heavy atom. The zero-order chi connectivity index (χ0) is 13.9. The number of aromatic carboxylic acids is 1. The highest BCUT2D eigenvalue weighted by Gasteiger charge is 2.41. The van der Waals surface area contributed by atoms with E-state index in [1.54, 1.807) is 6.92 Å². The van der Waals surface area contributed by atoms with Gasteiger partial charge in [-0.05, 0) is 5.92 Å². The van der Waals surface area contributed by atoms with E-state index in [1.165, 1.54) is 7.11 Å². The number of aromatic nitrogens is 1. The number of carboxylic acid groups (broad SMARTS) is 1. The molecule has 18 heavy (non-hydrogen) atoms. The van der Waals surface area contributed by atoms with Gasteiger partial charge in [-0.25, -0.2) is 9.78 Å². The highest BCUT2D eigenvalue weighted by molar-refractivity contribution is 5.85. The van der Waals surface area contributed by atoms with Crippen LogP contribution in [0.25, 0.3) is 0 Å². The van der Waals surface area contributed by atoms with E-state index < -0.39 is 23.6 Å². The molecule has 0 aliphatic heterocycles. The second-order valence-electron chi connectivity index (χ2n) is 3.85. The molecule has 1 atom stereocenters. The highest BCUT2D eigenvalue weighted by atomic mass is 19.4. The molecule has 0 spiro atoms. The average Bonchev–Trinajstić information content (AvgIpc) is 2.61. The minimum Gasteiger partial charge on any atom is -0.475 e. The van der Waals surface area contributed by atoms with E-state index in [1.807, 2.05) is 0 Å². The summed E-state index contributed by atoms with van der Waals surface area (Å²) >= 11 is 0. The predicted molar refractivity (Wildman–Crippen MR) is 53.2 cm³/mol. The maximum absolute atomic E-state index is 12.5. The van der Waals surface area contributed by atoms with E-state index in [2.05, 4.69) is 9.40 Å². The molecule has 0 aliphatic rings. The Morgan fingerprint density at radius 2 is 2.17 bits per heavy atom. The molecule has 0 radical (unpaired) electrons. The monoisotopic (exact) mass is 267 g/mol. The van der Waals surface area contributed by atoms with Gasteiger partial charge in [-0.1, -0.05) is 6.92 Å². The second-order valence-corrected chi connectivity index (χ2v) is 3.85. The molecule has 5 nitrogen and oxygen atoms in total. The van der Waals surface area contributed by atoms with Crippen LogP contribution in [0.2, 0.25) is 0 Å². The third-order valence-corrected chi connectivity index (χ3v) is 2.11. The molecule has 0 amide bonds. The summed E-state index contributed by atoms with van der Waals surface area (Å²) in [6, 6.07) is 0. The Kier molecular flexibility index (Phi) is 4.33. The Bertz CT molecular complexity index is 427. The number of carbonyl (C=O) groups is 1. The van der Waals surface area contributed by atoms with Gasteiger partial charge in [0.2, 0.25) is 5.76 Å². The summed E-state index contributed by atoms with van der Waals surface area (Å²) in [5.41, 5.74) is -1.50. The lowest BCUT2D eigenvalue weighted by molar-refractivity contribution is -0.141. The first-order chi connectivity index (χ1) is 8.25. The van der Waals surface area contributed by atoms with Gasteiger partial charge >= 0.3 is 12.1 Å². The normalized spacial score (nSPS) is 13.6. The van der Waals surface area contributed by atoms with Crippen molar-refractivity contribution in [2.45, 2.75) is 19.5 Å². The largest absolute Gasteiger partial charge is 0.475 e. The summed E-state index contributed by atoms with van der Waals surface area (Å²) in [5, 5.41) is 8.62. The predicted octanol–water partition coefficient (Wildman–Crippen LogP) is 2.22. The number of hydrogen-bond acceptors (Lipinski definition) is 4. The average molecular weight is 267 g/mol. The van der Waals surface area contributed by atoms with Crippen molar-refractivity contribution < 1.29 is 32.2 Å². The van der Waals surface area contributed by atoms with E-state index in [-0.39, 0.29) is 18.2 Å². The molecule has 0 bridgehead atoms. The van der Waals surface area contributed by atoms with E-state index >= 15 is 0 Å². The molecule has 0 saturated heterocycles. The number of methoxy groups -OCH3 is 1. The van der Waals surface area contributed by atoms with Gasteiger partial charge in [0.05, 0.1) is 0 Å². The number of hydrogen-bond donors (Lipinski definition) is 1. The molecule has 8 heteroatoms. The Hall–Kier alpha value is -1.57. The van der Waals surface area contributed by atoms with Crippen LogP contribution in [0.15, 0.2) is 4.42 Å². The number of carboxylic acids is 1. The Balaban J connectivity index is 3.00. The molecule has 1 rings (SSSR count). The van der Waals surface area contributed by atoms with Gasteiger partial charge in [-0.15, -0.1) is 0 Å². The van der Waals surface area contributed by atoms with Crippen molar-refractivity contribution in [2.24, 2.45) is 5.92 Å². The van der Waals surface area contributed by atoms with Gasteiger partial charge in [0, 0.05) is 20.1 Å². The summed E-state index contributed by atoms with van der Waals surface area (Å²) in [6.07, 6.45) is -4.77. The lowest BCUT2D eigenvalue weighted by Crippen LogP contribution is -2.12. The van der Waals surface area contributed by atoms with Crippen molar-refractivity contribution >= 4 is 5.97 Å². The molecular weight excluding hydrogens is 255 g/mol. The molecular formula is C10H12F3NO4. The summed E-state index contributed by atoms with van der Waals surface area (Å²) in [6.45, 7) is 2.04. The maximum Gasteiger partial charge on any atom is 0.437 e. The van der Waals surface area contributed by atoms with E-state index in [0.29, 0.717) is 6.61 Å². The van der Waals surface area contributed by atoms with Crippen molar-refractivity contribution in [3.8, 4) is 0 Å². The van der Waals surface area contributed by atoms with Crippen molar-refractivity contribution in [1.82, 2.24) is 4.98 Å². The van der Waals surface area contributed by atoms with Crippen LogP contribution < -0.4 is 0 Å². The number of ether oxygens (including phenoxy) is 1. The molecule has 102 valence electrons. The SMILES string of the molecule is COCC(C)Cc1nc(C(F)(F)F)c(C(=O)O)o1. The number of rotatable bonds is 5. The van der Waals surface area contributed by atoms with Crippen LogP contribution in [0.5, 0.6) is 0 Å². The van der Waals surface area contributed by atoms with Gasteiger partial charge in [-0.2, -0.15) is 13.2 Å². The van der Waals surface area contributed by atoms with Crippen LogP contribution >= 0.6 is 0 Å². The van der Waals surface area contributed by atoms with Crippen LogP contribution in [-0.2, 0) is 17.3 Å². The quantitative estimate of drug-likeness (QED) is 0.885. The molecule has 0 aromatic carbocycles. The van der Waals surface area contributed by atoms with Gasteiger partial charge in [0.15, 0.2) is 11.6 Å². The fourth-order valence-corrected chi connectivity index (χ4v) is 1.43. The fraction of sp³-hybridized carbons (Fsp3) is 0.600. The topological polar surface area (TPSA) is 72.6 Å². The first-order valence-electron chi connectivity index (χ1n) is 5.04. The summed E-state index contributed by atoms with van der Waals surface area (Å²) in [7, 11) is 1.45. The zero-order valence-electron chi connectivity index (χ0n) is 9.74. The molecule has 0 aliphatic carbocycles. The minimum absolute atomic E-state index is 0.0736. The molecule has 1 heterocycles. The third-order valence-electron chi connectivity index (χ3n) is 2.11. The van der Waals surface area contributed by atoms with Gasteiger partial charge in [0.25, 0.3) is 0 Å². The third kappa shape index (κ3) is 3.46. The van der Waals surface area contributed by atoms with Gasteiger partial charge < -0.3 is 14.3 Å². The van der Waals surface area contributed by atoms with Gasteiger partial charge in [0.1, 0.15) is 0 Å². The lowest BCUT2D eigenvalue weighted by Gasteiger charge is -2.06. The summed E-state index contributed by atoms with van der Waals surface area (Å²) < 4.78 is 46.9. The van der Waals surface area contributed by atoms with Crippen molar-refractivity contribution in [2.75, 3.05) is 13.7 Å². The zero-order valence-corrected chi connectivity index (χ0v) is 9.74. The highest BCUT2D eigenvalue weighted by Crippen LogP contribution is 2.32. The second kappa shape index (κ2) is 5.38. The molecule has 0 fully saturated rings. The molecule has 1 N–H and O–H groups in total. The first-order valence-corrected chi connectivity index (χ1v) is 5.04. The Morgan fingerprint density at radius 1 is 1.56 bits per heavy atom. The number of halogens is 3. The van der Waals surface area contributed by atoms with E-state index in [0.717, 1.165) is 0 Å². The van der Waals surface area contributed by atoms with Crippen LogP contribution in [0, 0.1) is 5.92 Å². The lowest BCUT2D eigenvalue weighted by atomic mass is 10.1. The minimum atomic E-state index is -4.85. The fourth-order valence-electron chi connectivity index (χ4n) is 1.43. The van der Waals surface area contributed by atoms with Gasteiger partial charge in [-0.3, -0.25) is 0 Å². The maximum atomic E-state index is 12.5. The Labute approximate surface area is 101 Å². The molecule has 1 aromatic heterocycles.